The Kier molecular flexibility index (Phi) is 19.4. The highest BCUT2D eigenvalue weighted by molar-refractivity contribution is 7.91. The quantitative estimate of drug-likeness (QED) is 0.0564. The van der Waals surface area contributed by atoms with Gasteiger partial charge < -0.3 is 30.2 Å². The van der Waals surface area contributed by atoms with E-state index < -0.39 is 102 Å². The topological polar surface area (TPSA) is 293 Å². The zero-order chi connectivity index (χ0) is 72.8. The lowest BCUT2D eigenvalue weighted by Gasteiger charge is -2.17. The van der Waals surface area contributed by atoms with Crippen LogP contribution in [0.1, 0.15) is 148 Å². The van der Waals surface area contributed by atoms with E-state index in [0.717, 1.165) is 91.1 Å². The number of aliphatic imine (C=N–C) groups is 3. The van der Waals surface area contributed by atoms with E-state index in [1.54, 1.807) is 54.6 Å². The molecule has 9 aliphatic rings. The van der Waals surface area contributed by atoms with Crippen LogP contribution >= 0.6 is 0 Å². The van der Waals surface area contributed by atoms with Crippen LogP contribution < -0.4 is 16.0 Å². The second-order valence-corrected chi connectivity index (χ2v) is 33.8. The van der Waals surface area contributed by atoms with Gasteiger partial charge in [0.1, 0.15) is 34.4 Å². The summed E-state index contributed by atoms with van der Waals surface area (Å²) < 4.78 is 173. The number of pyridine rings is 3. The average Bonchev–Trinajstić information content (AvgIpc) is 1.56. The van der Waals surface area contributed by atoms with Crippen LogP contribution in [0.3, 0.4) is 0 Å². The van der Waals surface area contributed by atoms with Crippen LogP contribution in [-0.4, -0.2) is 131 Å². The lowest BCUT2D eigenvalue weighted by Crippen LogP contribution is -2.12. The van der Waals surface area contributed by atoms with Gasteiger partial charge in [0.15, 0.2) is 29.5 Å². The normalized spacial score (nSPS) is 22.9. The number of nitrogens with one attached hydrogen (secondary N) is 3. The number of nitrogens with zero attached hydrogens (tertiary/aromatic N) is 6. The lowest BCUT2D eigenvalue weighted by atomic mass is 10.1. The fourth-order valence-corrected chi connectivity index (χ4v) is 16.3. The number of aromatic nitrogens is 3. The maximum absolute atomic E-state index is 13.4. The predicted molar refractivity (Wildman–Crippen MR) is 370 cm³/mol. The number of halogens is 6. The number of fused-ring (bicyclic) bond motifs is 3. The average molecular weight is 1470 g/mol. The largest absolute Gasteiger partial charge is 0.374 e. The van der Waals surface area contributed by atoms with Gasteiger partial charge in [-0.1, -0.05) is 18.2 Å². The van der Waals surface area contributed by atoms with Gasteiger partial charge >= 0.3 is 0 Å². The minimum Gasteiger partial charge on any atom is -0.374 e. The van der Waals surface area contributed by atoms with Gasteiger partial charge in [-0.25, -0.2) is 51.6 Å². The van der Waals surface area contributed by atoms with Crippen LogP contribution in [0.2, 0.25) is 0 Å². The summed E-state index contributed by atoms with van der Waals surface area (Å²) in [6, 6.07) is 20.3. The van der Waals surface area contributed by atoms with Crippen molar-refractivity contribution >= 4 is 115 Å². The summed E-state index contributed by atoms with van der Waals surface area (Å²) in [7, 11) is -10.7. The Morgan fingerprint density at radius 2 is 0.676 bits per heavy atom. The van der Waals surface area contributed by atoms with Crippen LogP contribution in [0, 0.1) is 17.8 Å². The Bertz CT molecular complexity index is 4440. The van der Waals surface area contributed by atoms with Crippen LogP contribution in [-0.2, 0) is 96.6 Å². The highest BCUT2D eigenvalue weighted by Crippen LogP contribution is 2.52. The van der Waals surface area contributed by atoms with E-state index in [1.165, 1.54) is 0 Å². The van der Waals surface area contributed by atoms with Crippen LogP contribution in [0.4, 0.5) is 77.5 Å². The molecule has 0 radical (unpaired) electrons. The molecule has 540 valence electrons. The Labute approximate surface area is 586 Å². The summed E-state index contributed by atoms with van der Waals surface area (Å²) >= 11 is 0. The molecule has 3 saturated heterocycles. The van der Waals surface area contributed by atoms with Gasteiger partial charge in [0.25, 0.3) is 17.8 Å². The summed E-state index contributed by atoms with van der Waals surface area (Å²) in [5.41, 5.74) is 12.1. The number of carbonyl (C=O) groups excluding carboxylic acids is 3. The molecule has 6 atom stereocenters. The molecule has 21 nitrogen and oxygen atoms in total. The van der Waals surface area contributed by atoms with Crippen molar-refractivity contribution in [1.29, 1.82) is 0 Å². The lowest BCUT2D eigenvalue weighted by molar-refractivity contribution is -0.122. The third-order valence-corrected chi connectivity index (χ3v) is 22.6. The van der Waals surface area contributed by atoms with E-state index >= 15 is 0 Å². The second-order valence-electron chi connectivity index (χ2n) is 27.9. The highest BCUT2D eigenvalue weighted by atomic mass is 32.2. The van der Waals surface area contributed by atoms with Gasteiger partial charge in [-0.2, -0.15) is 0 Å². The molecule has 30 heteroatoms. The number of ether oxygens (including phenoxy) is 3. The molecular weight excluding hydrogens is 1390 g/mol. The van der Waals surface area contributed by atoms with E-state index in [0.29, 0.717) is 124 Å². The Hall–Kier alpha value is -8.16. The van der Waals surface area contributed by atoms with Gasteiger partial charge in [-0.3, -0.25) is 44.3 Å². The van der Waals surface area contributed by atoms with Crippen molar-refractivity contribution in [3.8, 4) is 0 Å². The molecule has 102 heavy (non-hydrogen) atoms. The number of benzene rings is 3. The first-order valence-electron chi connectivity index (χ1n) is 33.6. The minimum atomic E-state index is -3.58. The van der Waals surface area contributed by atoms with Crippen molar-refractivity contribution in [3.63, 3.8) is 0 Å². The SMILES string of the molecule is CC1=Nc2c(Nc3ccc([C@@H]4CCCO4)cc3S(C)(=O)=O)cc(CC(=O)C3CC3(F)F)nc2C1.CC1=Nc2c(Nc3ccc([C@@H]4CCCO4)cc3S(C)(=O)=O)cc(CC(=O)[C@@H]3CC3(F)F)nc2C1.CC1=Nc2c(Nc3ccc([C@@H]4CCCO4)cc3S(C)(=O)=O)cc(CC(=O)[C@H]3CC3(F)F)nc2C1. The van der Waals surface area contributed by atoms with Crippen molar-refractivity contribution in [2.24, 2.45) is 32.7 Å². The maximum Gasteiger partial charge on any atom is 0.258 e. The summed E-state index contributed by atoms with van der Waals surface area (Å²) in [6.07, 6.45) is 7.84. The van der Waals surface area contributed by atoms with Crippen LogP contribution in [0.25, 0.3) is 0 Å². The van der Waals surface area contributed by atoms with E-state index in [1.807, 2.05) is 39.0 Å². The van der Waals surface area contributed by atoms with Gasteiger partial charge in [0.2, 0.25) is 0 Å². The molecule has 3 aromatic heterocycles. The standard InChI is InChI=1S/3C24H25F2N3O4S/c3*1-13-8-18-23(27-13)19(10-15(28-18)11-20(30)16-12-24(16,25)26)29-17-6-5-14(21-4-3-7-33-21)9-22(17)34(2,31)32/h3*5-6,9-10,16,21H,3-4,7-8,11-12H2,1-2H3,(H,28,29)/t16?,21-;16-,21+;16-,21-/m010/s1. The summed E-state index contributed by atoms with van der Waals surface area (Å²) in [5.74, 6) is -14.2. The first kappa shape index (κ1) is 72.2. The van der Waals surface area contributed by atoms with Crippen molar-refractivity contribution in [2.45, 2.75) is 168 Å². The number of hydrogen-bond acceptors (Lipinski definition) is 21. The van der Waals surface area contributed by atoms with E-state index in [4.69, 9.17) is 14.2 Å². The molecular formula is C72H75F6N9O12S3. The highest BCUT2D eigenvalue weighted by Gasteiger charge is 2.62. The van der Waals surface area contributed by atoms with Crippen LogP contribution in [0.15, 0.2) is 102 Å². The molecule has 9 heterocycles. The molecule has 3 aromatic carbocycles. The minimum absolute atomic E-state index is 0.125. The number of carbonyl (C=O) groups is 3. The molecule has 0 bridgehead atoms. The number of hydrogen-bond donors (Lipinski definition) is 3. The molecule has 1 unspecified atom stereocenters. The molecule has 6 aliphatic heterocycles. The van der Waals surface area contributed by atoms with Gasteiger partial charge in [-0.05, 0) is 131 Å². The van der Waals surface area contributed by atoms with Crippen LogP contribution in [0.5, 0.6) is 0 Å². The van der Waals surface area contributed by atoms with E-state index in [-0.39, 0.29) is 52.3 Å². The molecule has 3 saturated carbocycles. The van der Waals surface area contributed by atoms with Crippen molar-refractivity contribution < 1.29 is 80.2 Å². The predicted octanol–water partition coefficient (Wildman–Crippen LogP) is 13.5. The Morgan fingerprint density at radius 3 is 0.892 bits per heavy atom. The summed E-state index contributed by atoms with van der Waals surface area (Å²) in [6.45, 7) is 7.48. The maximum atomic E-state index is 13.4. The van der Waals surface area contributed by atoms with Crippen molar-refractivity contribution in [1.82, 2.24) is 15.0 Å². The van der Waals surface area contributed by atoms with Crippen molar-refractivity contribution in [2.75, 3.05) is 54.5 Å². The van der Waals surface area contributed by atoms with E-state index in [2.05, 4.69) is 45.9 Å². The zero-order valence-corrected chi connectivity index (χ0v) is 59.1. The second kappa shape index (κ2) is 27.5. The molecule has 0 amide bonds. The fourth-order valence-electron chi connectivity index (χ4n) is 13.7. The first-order chi connectivity index (χ1) is 48.0. The van der Waals surface area contributed by atoms with Crippen molar-refractivity contribution in [3.05, 3.63) is 124 Å². The Morgan fingerprint density at radius 1 is 0.422 bits per heavy atom. The zero-order valence-electron chi connectivity index (χ0n) is 56.7. The molecule has 6 aromatic rings. The number of Topliss-reactive ketones (excluding diaryl/α,β-unsaturated/α-hetero) is 3. The number of alkyl halides is 6. The fraction of sp³-hybridized carbons (Fsp3) is 0.458. The van der Waals surface area contributed by atoms with Gasteiger partial charge in [0, 0.05) is 114 Å². The molecule has 6 fully saturated rings. The Balaban J connectivity index is 0.000000137. The number of ketones is 3. The number of rotatable bonds is 21. The third-order valence-electron chi connectivity index (χ3n) is 19.2. The molecule has 15 rings (SSSR count). The van der Waals surface area contributed by atoms with E-state index in [9.17, 15) is 66.0 Å². The number of anilines is 6. The third kappa shape index (κ3) is 16.1. The molecule has 3 aliphatic carbocycles. The smallest absolute Gasteiger partial charge is 0.258 e. The summed E-state index contributed by atoms with van der Waals surface area (Å²) in [4.78, 5) is 64.4. The molecule has 0 spiro atoms. The van der Waals surface area contributed by atoms with Gasteiger partial charge in [-0.15, -0.1) is 0 Å². The monoisotopic (exact) mass is 1470 g/mol. The summed E-state index contributed by atoms with van der Waals surface area (Å²) in [5, 5.41) is 9.50. The first-order valence-corrected chi connectivity index (χ1v) is 39.3. The molecule has 3 N–H and O–H groups in total. The van der Waals surface area contributed by atoms with Gasteiger partial charge in [0.05, 0.1) is 119 Å². The number of sulfone groups is 3.